The lowest BCUT2D eigenvalue weighted by Gasteiger charge is -2.32. The third kappa shape index (κ3) is 5.14. The third-order valence-electron chi connectivity index (χ3n) is 5.51. The number of alkyl halides is 3. The van der Waals surface area contributed by atoms with Crippen LogP contribution in [0.5, 0.6) is 0 Å². The highest BCUT2D eigenvalue weighted by Crippen LogP contribution is 2.33. The fraction of sp³-hybridized carbons (Fsp3) is 0.391. The zero-order valence-electron chi connectivity index (χ0n) is 17.6. The monoisotopic (exact) mass is 430 g/mol. The van der Waals surface area contributed by atoms with Crippen LogP contribution in [0.1, 0.15) is 39.9 Å². The molecule has 5 nitrogen and oxygen atoms in total. The van der Waals surface area contributed by atoms with Gasteiger partial charge in [0.15, 0.2) is 0 Å². The van der Waals surface area contributed by atoms with Crippen molar-refractivity contribution in [2.45, 2.75) is 32.2 Å². The molecular formula is C23H25F3N4O. The summed E-state index contributed by atoms with van der Waals surface area (Å²) in [4.78, 5) is 6.94. The molecule has 1 fully saturated rings. The van der Waals surface area contributed by atoms with Gasteiger partial charge in [-0.15, -0.1) is 0 Å². The van der Waals surface area contributed by atoms with Crippen molar-refractivity contribution in [2.75, 3.05) is 19.7 Å². The van der Waals surface area contributed by atoms with E-state index in [1.54, 1.807) is 12.1 Å². The Kier molecular flexibility index (Phi) is 6.11. The van der Waals surface area contributed by atoms with Crippen LogP contribution in [0.15, 0.2) is 48.7 Å². The molecule has 31 heavy (non-hydrogen) atoms. The first-order valence-electron chi connectivity index (χ1n) is 10.2. The molecular weight excluding hydrogens is 405 g/mol. The predicted molar refractivity (Wildman–Crippen MR) is 110 cm³/mol. The van der Waals surface area contributed by atoms with E-state index in [0.717, 1.165) is 30.5 Å². The number of benzene rings is 1. The van der Waals surface area contributed by atoms with Crippen LogP contribution in [-0.4, -0.2) is 39.4 Å². The minimum absolute atomic E-state index is 0.120. The van der Waals surface area contributed by atoms with Gasteiger partial charge in [0.25, 0.3) is 0 Å². The second kappa shape index (κ2) is 8.80. The van der Waals surface area contributed by atoms with Crippen molar-refractivity contribution in [3.63, 3.8) is 0 Å². The molecule has 0 saturated carbocycles. The topological polar surface area (TPSA) is 43.2 Å². The second-order valence-electron chi connectivity index (χ2n) is 7.89. The summed E-state index contributed by atoms with van der Waals surface area (Å²) in [5, 5.41) is 4.40. The Morgan fingerprint density at radius 2 is 1.90 bits per heavy atom. The van der Waals surface area contributed by atoms with E-state index in [1.807, 2.05) is 37.0 Å². The van der Waals surface area contributed by atoms with Crippen LogP contribution in [0, 0.1) is 6.92 Å². The highest BCUT2D eigenvalue weighted by atomic mass is 19.4. The maximum Gasteiger partial charge on any atom is 0.416 e. The molecule has 0 aliphatic carbocycles. The van der Waals surface area contributed by atoms with Crippen LogP contribution in [0.4, 0.5) is 13.2 Å². The van der Waals surface area contributed by atoms with Crippen LogP contribution in [0.3, 0.4) is 0 Å². The summed E-state index contributed by atoms with van der Waals surface area (Å²) in [5.74, 6) is 0. The number of rotatable bonds is 5. The van der Waals surface area contributed by atoms with Crippen LogP contribution >= 0.6 is 0 Å². The predicted octanol–water partition coefficient (Wildman–Crippen LogP) is 4.31. The number of morpholine rings is 1. The molecule has 164 valence electrons. The molecule has 4 rings (SSSR count). The summed E-state index contributed by atoms with van der Waals surface area (Å²) >= 11 is 0. The van der Waals surface area contributed by atoms with Gasteiger partial charge in [-0.3, -0.25) is 14.6 Å². The van der Waals surface area contributed by atoms with Gasteiger partial charge in [-0.2, -0.15) is 18.3 Å². The van der Waals surface area contributed by atoms with E-state index >= 15 is 0 Å². The van der Waals surface area contributed by atoms with Gasteiger partial charge in [-0.05, 0) is 30.7 Å². The van der Waals surface area contributed by atoms with E-state index in [2.05, 4.69) is 15.0 Å². The van der Waals surface area contributed by atoms with E-state index < -0.39 is 11.7 Å². The fourth-order valence-corrected chi connectivity index (χ4v) is 3.99. The molecule has 3 aromatic rings. The average Bonchev–Trinajstić information content (AvgIpc) is 3.05. The van der Waals surface area contributed by atoms with Crippen LogP contribution < -0.4 is 0 Å². The molecule has 1 aliphatic heterocycles. The Balaban J connectivity index is 1.49. The van der Waals surface area contributed by atoms with Crippen LogP contribution in [0.2, 0.25) is 0 Å². The van der Waals surface area contributed by atoms with E-state index in [0.29, 0.717) is 18.8 Å². The molecule has 1 aliphatic rings. The lowest BCUT2D eigenvalue weighted by Crippen LogP contribution is -2.38. The number of pyridine rings is 1. The Morgan fingerprint density at radius 1 is 1.10 bits per heavy atom. The standard InChI is InChI=1S/C23H25F3N4O/c1-16-18(13-29(2)28-16)14-30-10-11-31-22(15-30)21-9-5-7-19(27-21)12-17-6-3-4-8-20(17)23(24,25)26/h3-9,13,22H,10-12,14-15H2,1-2H3. The Morgan fingerprint density at radius 3 is 2.65 bits per heavy atom. The van der Waals surface area contributed by atoms with E-state index in [4.69, 9.17) is 4.74 Å². The number of ether oxygens (including phenoxy) is 1. The van der Waals surface area contributed by atoms with Gasteiger partial charge in [0.2, 0.25) is 0 Å². The lowest BCUT2D eigenvalue weighted by atomic mass is 10.0. The van der Waals surface area contributed by atoms with Gasteiger partial charge in [0, 0.05) is 50.6 Å². The molecule has 0 bridgehead atoms. The minimum Gasteiger partial charge on any atom is -0.369 e. The summed E-state index contributed by atoms with van der Waals surface area (Å²) in [6.07, 6.45) is -2.46. The smallest absolute Gasteiger partial charge is 0.369 e. The van der Waals surface area contributed by atoms with Crippen molar-refractivity contribution in [1.29, 1.82) is 0 Å². The maximum atomic E-state index is 13.3. The number of halogens is 3. The number of aryl methyl sites for hydroxylation is 2. The van der Waals surface area contributed by atoms with Crippen molar-refractivity contribution < 1.29 is 17.9 Å². The van der Waals surface area contributed by atoms with Gasteiger partial charge in [0.05, 0.1) is 23.6 Å². The summed E-state index contributed by atoms with van der Waals surface area (Å²) in [7, 11) is 1.91. The highest BCUT2D eigenvalue weighted by Gasteiger charge is 2.33. The third-order valence-corrected chi connectivity index (χ3v) is 5.51. The molecule has 3 heterocycles. The summed E-state index contributed by atoms with van der Waals surface area (Å²) < 4.78 is 47.7. The maximum absolute atomic E-state index is 13.3. The number of hydrogen-bond acceptors (Lipinski definition) is 4. The SMILES string of the molecule is Cc1nn(C)cc1CN1CCOC(c2cccc(Cc3ccccc3C(F)(F)F)n2)C1. The number of nitrogens with zero attached hydrogens (tertiary/aromatic N) is 4. The van der Waals surface area contributed by atoms with Crippen molar-refractivity contribution in [3.05, 3.63) is 82.4 Å². The molecule has 0 radical (unpaired) electrons. The zero-order chi connectivity index (χ0) is 22.0. The highest BCUT2D eigenvalue weighted by molar-refractivity contribution is 5.33. The van der Waals surface area contributed by atoms with Crippen LogP contribution in [0.25, 0.3) is 0 Å². The summed E-state index contributed by atoms with van der Waals surface area (Å²) in [6, 6.07) is 11.1. The molecule has 2 aromatic heterocycles. The molecule has 1 aromatic carbocycles. The quantitative estimate of drug-likeness (QED) is 0.605. The van der Waals surface area contributed by atoms with Crippen molar-refractivity contribution >= 4 is 0 Å². The Labute approximate surface area is 179 Å². The minimum atomic E-state index is -4.38. The summed E-state index contributed by atoms with van der Waals surface area (Å²) in [6.45, 7) is 4.83. The van der Waals surface area contributed by atoms with E-state index in [-0.39, 0.29) is 18.1 Å². The van der Waals surface area contributed by atoms with Crippen molar-refractivity contribution in [3.8, 4) is 0 Å². The van der Waals surface area contributed by atoms with Crippen LogP contribution in [-0.2, 0) is 30.9 Å². The van der Waals surface area contributed by atoms with Crippen molar-refractivity contribution in [1.82, 2.24) is 19.7 Å². The first-order valence-corrected chi connectivity index (χ1v) is 10.2. The molecule has 0 amide bonds. The lowest BCUT2D eigenvalue weighted by molar-refractivity contribution is -0.138. The Hall–Kier alpha value is -2.71. The normalized spacial score (nSPS) is 17.8. The first-order chi connectivity index (χ1) is 14.8. The first kappa shape index (κ1) is 21.5. The average molecular weight is 430 g/mol. The second-order valence-corrected chi connectivity index (χ2v) is 7.89. The Bertz CT molecular complexity index is 1050. The molecule has 1 unspecified atom stereocenters. The zero-order valence-corrected chi connectivity index (χ0v) is 17.6. The van der Waals surface area contributed by atoms with E-state index in [1.165, 1.54) is 17.7 Å². The molecule has 1 atom stereocenters. The van der Waals surface area contributed by atoms with Gasteiger partial charge in [-0.1, -0.05) is 24.3 Å². The largest absolute Gasteiger partial charge is 0.416 e. The number of aromatic nitrogens is 3. The van der Waals surface area contributed by atoms with Gasteiger partial charge < -0.3 is 4.74 Å². The van der Waals surface area contributed by atoms with E-state index in [9.17, 15) is 13.2 Å². The molecule has 0 spiro atoms. The van der Waals surface area contributed by atoms with Gasteiger partial charge >= 0.3 is 6.18 Å². The van der Waals surface area contributed by atoms with Crippen molar-refractivity contribution in [2.24, 2.45) is 7.05 Å². The fourth-order valence-electron chi connectivity index (χ4n) is 3.99. The van der Waals surface area contributed by atoms with Gasteiger partial charge in [0.1, 0.15) is 6.10 Å². The molecule has 0 N–H and O–H groups in total. The summed E-state index contributed by atoms with van der Waals surface area (Å²) in [5.41, 5.74) is 3.13. The molecule has 8 heteroatoms. The van der Waals surface area contributed by atoms with Gasteiger partial charge in [-0.25, -0.2) is 0 Å². The molecule has 1 saturated heterocycles. The number of hydrogen-bond donors (Lipinski definition) is 0.